The molecule has 6 nitrogen and oxygen atoms in total. The molecule has 1 aromatic rings. The number of nitriles is 1. The van der Waals surface area contributed by atoms with Crippen LogP contribution in [0.5, 0.6) is 0 Å². The second-order valence-electron chi connectivity index (χ2n) is 3.42. The molecule has 0 radical (unpaired) electrons. The highest BCUT2D eigenvalue weighted by molar-refractivity contribution is 5.80. The van der Waals surface area contributed by atoms with Crippen LogP contribution in [0.3, 0.4) is 0 Å². The summed E-state index contributed by atoms with van der Waals surface area (Å²) in [6, 6.07) is 1.97. The quantitative estimate of drug-likeness (QED) is 0.680. The lowest BCUT2D eigenvalue weighted by Crippen LogP contribution is -2.30. The van der Waals surface area contributed by atoms with Gasteiger partial charge in [0, 0.05) is 13.0 Å². The molecule has 1 amide bonds. The fraction of sp³-hybridized carbons (Fsp3) is 0.600. The van der Waals surface area contributed by atoms with Gasteiger partial charge in [-0.3, -0.25) is 9.89 Å². The summed E-state index contributed by atoms with van der Waals surface area (Å²) in [6.45, 7) is 2.37. The van der Waals surface area contributed by atoms with E-state index < -0.39 is 5.92 Å². The molecule has 0 bridgehead atoms. The Bertz CT molecular complexity index is 354. The maximum Gasteiger partial charge on any atom is 0.237 e. The highest BCUT2D eigenvalue weighted by Gasteiger charge is 2.13. The third kappa shape index (κ3) is 3.69. The van der Waals surface area contributed by atoms with Gasteiger partial charge in [0.15, 0.2) is 0 Å². The normalized spacial score (nSPS) is 11.8. The molecule has 0 fully saturated rings. The number of hydrogen-bond acceptors (Lipinski definition) is 4. The topological polar surface area (TPSA) is 94.5 Å². The van der Waals surface area contributed by atoms with Crippen molar-refractivity contribution >= 4 is 5.91 Å². The van der Waals surface area contributed by atoms with Gasteiger partial charge in [0.05, 0.1) is 6.07 Å². The van der Waals surface area contributed by atoms with Gasteiger partial charge in [0.25, 0.3) is 0 Å². The monoisotopic (exact) mass is 221 g/mol. The molecule has 0 aliphatic heterocycles. The van der Waals surface area contributed by atoms with Crippen molar-refractivity contribution in [1.82, 2.24) is 20.5 Å². The molecule has 2 N–H and O–H groups in total. The Labute approximate surface area is 94.1 Å². The van der Waals surface area contributed by atoms with E-state index >= 15 is 0 Å². The standard InChI is InChI=1S/C10H15N5O/c1-2-8(6-11)10(16)12-5-3-4-9-13-7-14-15-9/h7-8H,2-5H2,1H3,(H,12,16)(H,13,14,15). The molecule has 86 valence electrons. The number of aromatic nitrogens is 3. The zero-order chi connectivity index (χ0) is 11.8. The van der Waals surface area contributed by atoms with Gasteiger partial charge in [-0.15, -0.1) is 0 Å². The third-order valence-corrected chi connectivity index (χ3v) is 2.24. The van der Waals surface area contributed by atoms with E-state index in [1.165, 1.54) is 6.33 Å². The summed E-state index contributed by atoms with van der Waals surface area (Å²) in [5.41, 5.74) is 0. The molecule has 0 aromatic carbocycles. The van der Waals surface area contributed by atoms with Crippen LogP contribution in [0.25, 0.3) is 0 Å². The van der Waals surface area contributed by atoms with Crippen LogP contribution in [0, 0.1) is 17.2 Å². The van der Waals surface area contributed by atoms with Crippen molar-refractivity contribution in [2.75, 3.05) is 6.54 Å². The van der Waals surface area contributed by atoms with E-state index in [2.05, 4.69) is 20.5 Å². The van der Waals surface area contributed by atoms with Crippen molar-refractivity contribution < 1.29 is 4.79 Å². The smallest absolute Gasteiger partial charge is 0.237 e. The van der Waals surface area contributed by atoms with E-state index in [1.807, 2.05) is 13.0 Å². The summed E-state index contributed by atoms with van der Waals surface area (Å²) < 4.78 is 0. The van der Waals surface area contributed by atoms with Gasteiger partial charge in [-0.2, -0.15) is 10.4 Å². The number of aryl methyl sites for hydroxylation is 1. The summed E-state index contributed by atoms with van der Waals surface area (Å²) in [4.78, 5) is 15.4. The van der Waals surface area contributed by atoms with E-state index in [9.17, 15) is 4.79 Å². The number of nitrogens with one attached hydrogen (secondary N) is 2. The van der Waals surface area contributed by atoms with Gasteiger partial charge in [0.1, 0.15) is 18.1 Å². The van der Waals surface area contributed by atoms with Crippen molar-refractivity contribution in [3.05, 3.63) is 12.2 Å². The van der Waals surface area contributed by atoms with Crippen molar-refractivity contribution in [2.24, 2.45) is 5.92 Å². The summed E-state index contributed by atoms with van der Waals surface area (Å²) in [6.07, 6.45) is 3.52. The van der Waals surface area contributed by atoms with Crippen molar-refractivity contribution in [3.63, 3.8) is 0 Å². The van der Waals surface area contributed by atoms with E-state index in [0.717, 1.165) is 18.7 Å². The highest BCUT2D eigenvalue weighted by Crippen LogP contribution is 2.00. The minimum atomic E-state index is -0.537. The Morgan fingerprint density at radius 1 is 1.75 bits per heavy atom. The number of H-pyrrole nitrogens is 1. The number of aromatic amines is 1. The Balaban J connectivity index is 2.16. The zero-order valence-electron chi connectivity index (χ0n) is 9.23. The molecule has 6 heteroatoms. The molecule has 0 saturated carbocycles. The maximum atomic E-state index is 11.4. The predicted molar refractivity (Wildman–Crippen MR) is 57.1 cm³/mol. The molecule has 1 rings (SSSR count). The minimum absolute atomic E-state index is 0.192. The number of rotatable bonds is 6. The van der Waals surface area contributed by atoms with Crippen LogP contribution in [0.4, 0.5) is 0 Å². The molecule has 0 saturated heterocycles. The molecule has 0 spiro atoms. The van der Waals surface area contributed by atoms with Gasteiger partial charge in [0.2, 0.25) is 5.91 Å². The van der Waals surface area contributed by atoms with E-state index in [1.54, 1.807) is 0 Å². The highest BCUT2D eigenvalue weighted by atomic mass is 16.1. The van der Waals surface area contributed by atoms with Crippen LogP contribution in [-0.4, -0.2) is 27.6 Å². The number of carbonyl (C=O) groups excluding carboxylic acids is 1. The van der Waals surface area contributed by atoms with Gasteiger partial charge in [-0.05, 0) is 12.8 Å². The molecule has 0 aliphatic rings. The number of nitrogens with zero attached hydrogens (tertiary/aromatic N) is 3. The maximum absolute atomic E-state index is 11.4. The fourth-order valence-corrected chi connectivity index (χ4v) is 1.28. The largest absolute Gasteiger partial charge is 0.355 e. The lowest BCUT2D eigenvalue weighted by atomic mass is 10.1. The van der Waals surface area contributed by atoms with Crippen LogP contribution in [0.15, 0.2) is 6.33 Å². The first-order valence-corrected chi connectivity index (χ1v) is 5.29. The SMILES string of the molecule is CCC(C#N)C(=O)NCCCc1ncn[nH]1. The Morgan fingerprint density at radius 2 is 2.56 bits per heavy atom. The molecule has 1 aromatic heterocycles. The summed E-state index contributed by atoms with van der Waals surface area (Å²) in [5, 5.41) is 17.9. The molecule has 0 aliphatic carbocycles. The van der Waals surface area contributed by atoms with Crippen LogP contribution >= 0.6 is 0 Å². The van der Waals surface area contributed by atoms with Gasteiger partial charge in [-0.1, -0.05) is 6.92 Å². The molecule has 16 heavy (non-hydrogen) atoms. The van der Waals surface area contributed by atoms with Crippen molar-refractivity contribution in [2.45, 2.75) is 26.2 Å². The summed E-state index contributed by atoms with van der Waals surface area (Å²) >= 11 is 0. The number of amides is 1. The Morgan fingerprint density at radius 3 is 3.12 bits per heavy atom. The molecule has 1 heterocycles. The predicted octanol–water partition coefficient (Wildman–Crippen LogP) is 0.403. The summed E-state index contributed by atoms with van der Waals surface area (Å²) in [7, 11) is 0. The lowest BCUT2D eigenvalue weighted by Gasteiger charge is -2.07. The zero-order valence-corrected chi connectivity index (χ0v) is 9.23. The number of hydrogen-bond donors (Lipinski definition) is 2. The van der Waals surface area contributed by atoms with Gasteiger partial charge in [-0.25, -0.2) is 4.98 Å². The van der Waals surface area contributed by atoms with Crippen LogP contribution in [0.1, 0.15) is 25.6 Å². The summed E-state index contributed by atoms with van der Waals surface area (Å²) in [5.74, 6) is 0.0782. The fourth-order valence-electron chi connectivity index (χ4n) is 1.28. The second kappa shape index (κ2) is 6.56. The molecular formula is C10H15N5O. The molecular weight excluding hydrogens is 206 g/mol. The lowest BCUT2D eigenvalue weighted by molar-refractivity contribution is -0.123. The average Bonchev–Trinajstić information content (AvgIpc) is 2.79. The first kappa shape index (κ1) is 12.2. The molecule has 1 unspecified atom stereocenters. The van der Waals surface area contributed by atoms with E-state index in [-0.39, 0.29) is 5.91 Å². The third-order valence-electron chi connectivity index (χ3n) is 2.24. The van der Waals surface area contributed by atoms with Crippen molar-refractivity contribution in [1.29, 1.82) is 5.26 Å². The van der Waals surface area contributed by atoms with Gasteiger partial charge >= 0.3 is 0 Å². The first-order valence-electron chi connectivity index (χ1n) is 5.29. The first-order chi connectivity index (χ1) is 7.77. The van der Waals surface area contributed by atoms with E-state index in [0.29, 0.717) is 13.0 Å². The average molecular weight is 221 g/mol. The molecule has 1 atom stereocenters. The van der Waals surface area contributed by atoms with Gasteiger partial charge < -0.3 is 5.32 Å². The van der Waals surface area contributed by atoms with Crippen molar-refractivity contribution in [3.8, 4) is 6.07 Å². The van der Waals surface area contributed by atoms with Crippen LogP contribution in [0.2, 0.25) is 0 Å². The Kier molecular flexibility index (Phi) is 4.99. The Hall–Kier alpha value is -1.90. The number of carbonyl (C=O) groups is 1. The van der Waals surface area contributed by atoms with Crippen LogP contribution < -0.4 is 5.32 Å². The minimum Gasteiger partial charge on any atom is -0.355 e. The van der Waals surface area contributed by atoms with Crippen LogP contribution in [-0.2, 0) is 11.2 Å². The van der Waals surface area contributed by atoms with E-state index in [4.69, 9.17) is 5.26 Å². The second-order valence-corrected chi connectivity index (χ2v) is 3.42.